The zero-order chi connectivity index (χ0) is 23.8. The molecule has 1 aliphatic heterocycles. The summed E-state index contributed by atoms with van der Waals surface area (Å²) in [6.45, 7) is -0.0874. The highest BCUT2D eigenvalue weighted by atomic mass is 19.1. The van der Waals surface area contributed by atoms with Crippen molar-refractivity contribution in [3.05, 3.63) is 99.4 Å². The molecule has 1 aromatic heterocycles. The topological polar surface area (TPSA) is 75.0 Å². The summed E-state index contributed by atoms with van der Waals surface area (Å²) < 4.78 is 49.1. The molecule has 1 atom stereocenters. The van der Waals surface area contributed by atoms with Gasteiger partial charge < -0.3 is 18.6 Å². The van der Waals surface area contributed by atoms with E-state index in [4.69, 9.17) is 18.6 Å². The van der Waals surface area contributed by atoms with Gasteiger partial charge in [0.15, 0.2) is 17.3 Å². The van der Waals surface area contributed by atoms with Crippen LogP contribution in [0, 0.1) is 11.6 Å². The van der Waals surface area contributed by atoms with Crippen molar-refractivity contribution in [1.29, 1.82) is 0 Å². The first kappa shape index (κ1) is 21.6. The summed E-state index contributed by atoms with van der Waals surface area (Å²) in [7, 11) is 1.48. The van der Waals surface area contributed by atoms with Gasteiger partial charge in [-0.3, -0.25) is 4.79 Å². The van der Waals surface area contributed by atoms with Crippen LogP contribution in [0.5, 0.6) is 17.2 Å². The highest BCUT2D eigenvalue weighted by molar-refractivity contribution is 5.90. The molecule has 172 valence electrons. The molecule has 2 heterocycles. The molecule has 0 radical (unpaired) electrons. The van der Waals surface area contributed by atoms with Crippen molar-refractivity contribution in [2.45, 2.75) is 18.9 Å². The molecule has 0 saturated carbocycles. The summed E-state index contributed by atoms with van der Waals surface area (Å²) in [5.74, 6) is -2.10. The number of methoxy groups -OCH3 is 1. The number of carbonyl (C=O) groups is 1. The number of benzene rings is 3. The summed E-state index contributed by atoms with van der Waals surface area (Å²) in [5, 5.41) is 0.527. The molecule has 0 fully saturated rings. The van der Waals surface area contributed by atoms with Gasteiger partial charge in [0.05, 0.1) is 24.5 Å². The molecule has 34 heavy (non-hydrogen) atoms. The fourth-order valence-electron chi connectivity index (χ4n) is 4.13. The molecule has 0 saturated heterocycles. The molecule has 0 bridgehead atoms. The van der Waals surface area contributed by atoms with E-state index in [0.29, 0.717) is 27.8 Å². The molecular formula is C26H18F2O6. The van der Waals surface area contributed by atoms with Crippen LogP contribution in [-0.4, -0.2) is 13.1 Å². The van der Waals surface area contributed by atoms with Crippen molar-refractivity contribution in [1.82, 2.24) is 0 Å². The average Bonchev–Trinajstić information content (AvgIpc) is 2.83. The SMILES string of the molecule is COc1ccc([C@@H]2CC(=O)Oc3c2c(=O)oc2ccccc32)cc1COc1ccc(F)cc1F. The minimum Gasteiger partial charge on any atom is -0.496 e. The lowest BCUT2D eigenvalue weighted by atomic mass is 9.86. The van der Waals surface area contributed by atoms with E-state index in [1.165, 1.54) is 13.2 Å². The maximum atomic E-state index is 14.0. The van der Waals surface area contributed by atoms with E-state index in [1.54, 1.807) is 42.5 Å². The van der Waals surface area contributed by atoms with E-state index in [1.807, 2.05) is 0 Å². The van der Waals surface area contributed by atoms with Crippen LogP contribution in [0.3, 0.4) is 0 Å². The Morgan fingerprint density at radius 2 is 1.79 bits per heavy atom. The standard InChI is InChI=1S/C26H18F2O6/c1-31-20-8-6-14(10-15(20)13-32-22-9-7-16(27)11-19(22)28)18-12-23(29)34-25-17-4-2-3-5-21(17)33-26(30)24(18)25/h2-11,18H,12-13H2,1H3/t18-/m0/s1. The number of para-hydroxylation sites is 1. The number of carbonyl (C=O) groups excluding carboxylic acids is 1. The summed E-state index contributed by atoms with van der Waals surface area (Å²) in [6.07, 6.45) is -0.0602. The zero-order valence-corrected chi connectivity index (χ0v) is 18.0. The minimum absolute atomic E-state index is 0.0602. The fourth-order valence-corrected chi connectivity index (χ4v) is 4.13. The zero-order valence-electron chi connectivity index (χ0n) is 18.0. The number of hydrogen-bond acceptors (Lipinski definition) is 6. The Morgan fingerprint density at radius 1 is 1.00 bits per heavy atom. The molecule has 0 aliphatic carbocycles. The molecule has 8 heteroatoms. The maximum absolute atomic E-state index is 14.0. The quantitative estimate of drug-likeness (QED) is 0.302. The monoisotopic (exact) mass is 464 g/mol. The Bertz CT molecular complexity index is 1480. The molecule has 0 N–H and O–H groups in total. The number of ether oxygens (including phenoxy) is 3. The van der Waals surface area contributed by atoms with Crippen molar-refractivity contribution >= 4 is 16.9 Å². The van der Waals surface area contributed by atoms with Crippen LogP contribution in [0.4, 0.5) is 8.78 Å². The van der Waals surface area contributed by atoms with Gasteiger partial charge in [0, 0.05) is 17.5 Å². The average molecular weight is 464 g/mol. The first-order valence-corrected chi connectivity index (χ1v) is 10.5. The van der Waals surface area contributed by atoms with Crippen molar-refractivity contribution in [2.75, 3.05) is 7.11 Å². The van der Waals surface area contributed by atoms with Gasteiger partial charge in [-0.05, 0) is 42.0 Å². The van der Waals surface area contributed by atoms with Gasteiger partial charge in [0.25, 0.3) is 0 Å². The molecule has 4 aromatic rings. The lowest BCUT2D eigenvalue weighted by molar-refractivity contribution is -0.135. The van der Waals surface area contributed by atoms with Crippen molar-refractivity contribution in [3.63, 3.8) is 0 Å². The largest absolute Gasteiger partial charge is 0.496 e. The number of rotatable bonds is 5. The van der Waals surface area contributed by atoms with Crippen LogP contribution in [0.25, 0.3) is 11.0 Å². The van der Waals surface area contributed by atoms with Crippen molar-refractivity contribution in [2.24, 2.45) is 0 Å². The normalized spacial score (nSPS) is 15.0. The van der Waals surface area contributed by atoms with Crippen LogP contribution in [0.1, 0.15) is 29.0 Å². The molecule has 0 amide bonds. The second-order valence-electron chi connectivity index (χ2n) is 7.79. The predicted octanol–water partition coefficient (Wildman–Crippen LogP) is 5.10. The predicted molar refractivity (Wildman–Crippen MR) is 118 cm³/mol. The molecule has 5 rings (SSSR count). The summed E-state index contributed by atoms with van der Waals surface area (Å²) >= 11 is 0. The maximum Gasteiger partial charge on any atom is 0.343 e. The first-order chi connectivity index (χ1) is 16.4. The second-order valence-corrected chi connectivity index (χ2v) is 7.79. The van der Waals surface area contributed by atoms with Gasteiger partial charge in [-0.2, -0.15) is 0 Å². The Kier molecular flexibility index (Phi) is 5.49. The van der Waals surface area contributed by atoms with Crippen molar-refractivity contribution in [3.8, 4) is 17.2 Å². The third-order valence-electron chi connectivity index (χ3n) is 5.72. The third kappa shape index (κ3) is 3.87. The number of esters is 1. The second kappa shape index (κ2) is 8.62. The molecule has 0 spiro atoms. The van der Waals surface area contributed by atoms with Crippen LogP contribution < -0.4 is 19.8 Å². The number of halogens is 2. The lowest BCUT2D eigenvalue weighted by Crippen LogP contribution is -2.26. The van der Waals surface area contributed by atoms with Crippen LogP contribution >= 0.6 is 0 Å². The molecule has 3 aromatic carbocycles. The van der Waals surface area contributed by atoms with E-state index in [9.17, 15) is 18.4 Å². The van der Waals surface area contributed by atoms with E-state index in [0.717, 1.165) is 12.1 Å². The van der Waals surface area contributed by atoms with E-state index >= 15 is 0 Å². The Labute approximate surface area is 192 Å². The third-order valence-corrected chi connectivity index (χ3v) is 5.72. The van der Waals surface area contributed by atoms with Crippen molar-refractivity contribution < 1.29 is 32.2 Å². The summed E-state index contributed by atoms with van der Waals surface area (Å²) in [5.41, 5.74) is 1.17. The Morgan fingerprint density at radius 3 is 2.59 bits per heavy atom. The van der Waals surface area contributed by atoms with Gasteiger partial charge in [-0.1, -0.05) is 18.2 Å². The molecular weight excluding hydrogens is 446 g/mol. The van der Waals surface area contributed by atoms with Gasteiger partial charge in [-0.15, -0.1) is 0 Å². The number of fused-ring (bicyclic) bond motifs is 3. The Hall–Kier alpha value is -4.20. The lowest BCUT2D eigenvalue weighted by Gasteiger charge is -2.25. The fraction of sp³-hybridized carbons (Fsp3) is 0.154. The Balaban J connectivity index is 1.55. The van der Waals surface area contributed by atoms with Gasteiger partial charge in [-0.25, -0.2) is 13.6 Å². The van der Waals surface area contributed by atoms with Gasteiger partial charge in [0.2, 0.25) is 0 Å². The summed E-state index contributed by atoms with van der Waals surface area (Å²) in [4.78, 5) is 25.3. The molecule has 0 unspecified atom stereocenters. The van der Waals surface area contributed by atoms with Gasteiger partial charge in [0.1, 0.15) is 23.8 Å². The van der Waals surface area contributed by atoms with Crippen LogP contribution in [0.2, 0.25) is 0 Å². The van der Waals surface area contributed by atoms with E-state index in [-0.39, 0.29) is 30.1 Å². The molecule has 1 aliphatic rings. The number of hydrogen-bond donors (Lipinski definition) is 0. The van der Waals surface area contributed by atoms with Gasteiger partial charge >= 0.3 is 11.6 Å². The van der Waals surface area contributed by atoms with Crippen LogP contribution in [0.15, 0.2) is 69.9 Å². The van der Waals surface area contributed by atoms with E-state index < -0.39 is 29.1 Å². The van der Waals surface area contributed by atoms with E-state index in [2.05, 4.69) is 0 Å². The highest BCUT2D eigenvalue weighted by Crippen LogP contribution is 2.41. The first-order valence-electron chi connectivity index (χ1n) is 10.5. The summed E-state index contributed by atoms with van der Waals surface area (Å²) in [6, 6.07) is 15.0. The smallest absolute Gasteiger partial charge is 0.343 e. The molecule has 6 nitrogen and oxygen atoms in total. The van der Waals surface area contributed by atoms with Crippen LogP contribution in [-0.2, 0) is 11.4 Å². The minimum atomic E-state index is -0.830. The highest BCUT2D eigenvalue weighted by Gasteiger charge is 2.34.